The van der Waals surface area contributed by atoms with Crippen LogP contribution < -0.4 is 0 Å². The van der Waals surface area contributed by atoms with Crippen LogP contribution in [0, 0.1) is 11.3 Å². The topological polar surface area (TPSA) is 97.9 Å². The summed E-state index contributed by atoms with van der Waals surface area (Å²) >= 11 is 0. The third-order valence-corrected chi connectivity index (χ3v) is 4.72. The number of ether oxygens (including phenoxy) is 2. The number of halogens is 3. The first kappa shape index (κ1) is 23.5. The fourth-order valence-electron chi connectivity index (χ4n) is 3.30. The van der Waals surface area contributed by atoms with Crippen LogP contribution in [0.15, 0.2) is 42.6 Å². The summed E-state index contributed by atoms with van der Waals surface area (Å²) in [5.41, 5.74) is -2.44. The van der Waals surface area contributed by atoms with Crippen molar-refractivity contribution in [1.29, 1.82) is 5.26 Å². The monoisotopic (exact) mass is 458 g/mol. The van der Waals surface area contributed by atoms with Gasteiger partial charge in [0.25, 0.3) is 0 Å². The summed E-state index contributed by atoms with van der Waals surface area (Å²) in [6.45, 7) is 2.77. The number of fused-ring (bicyclic) bond motifs is 1. The van der Waals surface area contributed by atoms with Crippen molar-refractivity contribution in [3.63, 3.8) is 0 Å². The van der Waals surface area contributed by atoms with E-state index in [4.69, 9.17) is 14.7 Å². The number of aromatic nitrogens is 1. The number of pyridine rings is 1. The molecule has 0 aliphatic heterocycles. The molecule has 170 valence electrons. The Hall–Kier alpha value is -4.13. The Morgan fingerprint density at radius 3 is 2.06 bits per heavy atom. The van der Waals surface area contributed by atoms with Gasteiger partial charge in [-0.2, -0.15) is 18.4 Å². The van der Waals surface area contributed by atoms with Crippen LogP contribution in [0.3, 0.4) is 0 Å². The molecule has 2 aromatic heterocycles. The molecule has 0 amide bonds. The molecule has 0 bridgehead atoms. The fourth-order valence-corrected chi connectivity index (χ4v) is 3.30. The largest absolute Gasteiger partial charge is 0.462 e. The minimum absolute atomic E-state index is 0.0502. The maximum Gasteiger partial charge on any atom is 0.416 e. The average Bonchev–Trinajstić information content (AvgIpc) is 3.13. The maximum absolute atomic E-state index is 13.4. The summed E-state index contributed by atoms with van der Waals surface area (Å²) in [6.07, 6.45) is -3.78. The fraction of sp³-hybridized carbons (Fsp3) is 0.217. The van der Waals surface area contributed by atoms with E-state index in [0.29, 0.717) is 6.07 Å². The number of nitrogens with zero attached hydrogens (tertiary/aromatic N) is 2. The standard InChI is InChI=1S/C23H17F3N2O5/c1-3-32-21(30)17-16-11-15(23(24,25)26)9-10-28(16)19(18(17)22(31)33-4-2)20(29)14-7-5-13(12-27)6-8-14/h5-11H,3-4H2,1-2H3. The SMILES string of the molecule is CCOC(=O)c1c(C(=O)OCC)c2cc(C(F)(F)F)ccn2c1C(=O)c1ccc(C#N)cc1. The van der Waals surface area contributed by atoms with Crippen molar-refractivity contribution >= 4 is 23.2 Å². The molecule has 3 aromatic rings. The molecule has 0 saturated heterocycles. The first-order chi connectivity index (χ1) is 15.6. The second-order valence-corrected chi connectivity index (χ2v) is 6.73. The maximum atomic E-state index is 13.4. The van der Waals surface area contributed by atoms with Crippen LogP contribution in [-0.2, 0) is 15.7 Å². The number of benzene rings is 1. The quantitative estimate of drug-likeness (QED) is 0.401. The Kier molecular flexibility index (Phi) is 6.53. The van der Waals surface area contributed by atoms with Gasteiger partial charge in [-0.1, -0.05) is 0 Å². The van der Waals surface area contributed by atoms with Gasteiger partial charge in [-0.05, 0) is 50.2 Å². The lowest BCUT2D eigenvalue weighted by Gasteiger charge is -2.09. The zero-order chi connectivity index (χ0) is 24.3. The smallest absolute Gasteiger partial charge is 0.416 e. The number of alkyl halides is 3. The number of carbonyl (C=O) groups excluding carboxylic acids is 3. The van der Waals surface area contributed by atoms with Crippen LogP contribution in [0.5, 0.6) is 0 Å². The third-order valence-electron chi connectivity index (χ3n) is 4.72. The predicted octanol–water partition coefficient (Wildman–Crippen LogP) is 4.41. The molecule has 0 unspecified atom stereocenters. The van der Waals surface area contributed by atoms with Crippen molar-refractivity contribution in [3.8, 4) is 6.07 Å². The molecule has 2 heterocycles. The summed E-state index contributed by atoms with van der Waals surface area (Å²) < 4.78 is 51.1. The van der Waals surface area contributed by atoms with Gasteiger partial charge in [-0.3, -0.25) is 4.79 Å². The molecular weight excluding hydrogens is 441 g/mol. The van der Waals surface area contributed by atoms with Gasteiger partial charge in [0.2, 0.25) is 5.78 Å². The predicted molar refractivity (Wildman–Crippen MR) is 109 cm³/mol. The molecular formula is C23H17F3N2O5. The number of esters is 2. The van der Waals surface area contributed by atoms with Crippen LogP contribution in [0.25, 0.3) is 5.52 Å². The molecule has 33 heavy (non-hydrogen) atoms. The highest BCUT2D eigenvalue weighted by atomic mass is 19.4. The first-order valence-corrected chi connectivity index (χ1v) is 9.78. The molecule has 0 aliphatic carbocycles. The molecule has 0 radical (unpaired) electrons. The molecule has 3 rings (SSSR count). The van der Waals surface area contributed by atoms with Crippen molar-refractivity contribution in [2.75, 3.05) is 13.2 Å². The van der Waals surface area contributed by atoms with Crippen molar-refractivity contribution in [2.24, 2.45) is 0 Å². The van der Waals surface area contributed by atoms with Crippen molar-refractivity contribution in [3.05, 3.63) is 76.1 Å². The molecule has 1 aromatic carbocycles. The van der Waals surface area contributed by atoms with Gasteiger partial charge in [-0.25, -0.2) is 9.59 Å². The highest BCUT2D eigenvalue weighted by Gasteiger charge is 2.36. The molecule has 0 N–H and O–H groups in total. The van der Waals surface area contributed by atoms with Gasteiger partial charge in [0.15, 0.2) is 0 Å². The molecule has 0 fully saturated rings. The van der Waals surface area contributed by atoms with E-state index in [1.54, 1.807) is 0 Å². The second-order valence-electron chi connectivity index (χ2n) is 6.73. The van der Waals surface area contributed by atoms with Crippen molar-refractivity contribution in [2.45, 2.75) is 20.0 Å². The summed E-state index contributed by atoms with van der Waals surface area (Å²) in [7, 11) is 0. The lowest BCUT2D eigenvalue weighted by atomic mass is 10.0. The van der Waals surface area contributed by atoms with Crippen LogP contribution in [-0.4, -0.2) is 35.3 Å². The third kappa shape index (κ3) is 4.43. The first-order valence-electron chi connectivity index (χ1n) is 9.78. The van der Waals surface area contributed by atoms with E-state index in [1.807, 2.05) is 6.07 Å². The minimum atomic E-state index is -4.74. The lowest BCUT2D eigenvalue weighted by Crippen LogP contribution is -2.16. The van der Waals surface area contributed by atoms with Gasteiger partial charge in [0.05, 0.1) is 35.9 Å². The van der Waals surface area contributed by atoms with E-state index in [2.05, 4.69) is 0 Å². The average molecular weight is 458 g/mol. The highest BCUT2D eigenvalue weighted by Crippen LogP contribution is 2.34. The Bertz CT molecular complexity index is 1280. The summed E-state index contributed by atoms with van der Waals surface area (Å²) in [5, 5.41) is 8.96. The van der Waals surface area contributed by atoms with Crippen LogP contribution in [0.1, 0.15) is 61.7 Å². The van der Waals surface area contributed by atoms with Crippen LogP contribution in [0.4, 0.5) is 13.2 Å². The number of nitriles is 1. The van der Waals surface area contributed by atoms with E-state index in [1.165, 1.54) is 38.1 Å². The van der Waals surface area contributed by atoms with E-state index >= 15 is 0 Å². The number of rotatable bonds is 6. The van der Waals surface area contributed by atoms with E-state index in [-0.39, 0.29) is 35.6 Å². The molecule has 0 saturated carbocycles. The minimum Gasteiger partial charge on any atom is -0.462 e. The van der Waals surface area contributed by atoms with E-state index in [9.17, 15) is 27.6 Å². The van der Waals surface area contributed by atoms with Gasteiger partial charge in [-0.15, -0.1) is 0 Å². The molecule has 0 atom stereocenters. The number of hydrogen-bond donors (Lipinski definition) is 0. The molecule has 10 heteroatoms. The number of hydrogen-bond acceptors (Lipinski definition) is 6. The van der Waals surface area contributed by atoms with Gasteiger partial charge < -0.3 is 13.9 Å². The summed E-state index contributed by atoms with van der Waals surface area (Å²) in [6, 6.07) is 8.73. The molecule has 0 spiro atoms. The highest BCUT2D eigenvalue weighted by molar-refractivity contribution is 6.19. The van der Waals surface area contributed by atoms with Crippen LogP contribution >= 0.6 is 0 Å². The Morgan fingerprint density at radius 2 is 1.55 bits per heavy atom. The Labute approximate surface area is 185 Å². The zero-order valence-corrected chi connectivity index (χ0v) is 17.5. The zero-order valence-electron chi connectivity index (χ0n) is 17.5. The van der Waals surface area contributed by atoms with Crippen molar-refractivity contribution in [1.82, 2.24) is 4.40 Å². The Morgan fingerprint density at radius 1 is 0.970 bits per heavy atom. The summed E-state index contributed by atoms with van der Waals surface area (Å²) in [4.78, 5) is 38.9. The molecule has 7 nitrogen and oxygen atoms in total. The van der Waals surface area contributed by atoms with E-state index in [0.717, 1.165) is 16.7 Å². The number of carbonyl (C=O) groups is 3. The van der Waals surface area contributed by atoms with E-state index < -0.39 is 40.6 Å². The Balaban J connectivity index is 2.39. The molecule has 0 aliphatic rings. The summed E-state index contributed by atoms with van der Waals surface area (Å²) in [5.74, 6) is -2.89. The van der Waals surface area contributed by atoms with Gasteiger partial charge in [0, 0.05) is 11.8 Å². The van der Waals surface area contributed by atoms with Crippen LogP contribution in [0.2, 0.25) is 0 Å². The normalized spacial score (nSPS) is 11.2. The lowest BCUT2D eigenvalue weighted by molar-refractivity contribution is -0.137. The van der Waals surface area contributed by atoms with Gasteiger partial charge in [0.1, 0.15) is 16.8 Å². The van der Waals surface area contributed by atoms with Gasteiger partial charge >= 0.3 is 18.1 Å². The number of ketones is 1. The van der Waals surface area contributed by atoms with Crippen molar-refractivity contribution < 1.29 is 37.0 Å². The second kappa shape index (κ2) is 9.16.